The largest absolute Gasteiger partial charge is 1.00 e. The second-order valence-electron chi connectivity index (χ2n) is 4.16. The van der Waals surface area contributed by atoms with Crippen LogP contribution in [-0.4, -0.2) is 6.09 Å². The zero-order valence-electron chi connectivity index (χ0n) is 10.5. The molecule has 1 N–H and O–H groups in total. The summed E-state index contributed by atoms with van der Waals surface area (Å²) in [6, 6.07) is 0. The van der Waals surface area contributed by atoms with Crippen molar-refractivity contribution >= 4 is 22.4 Å². The predicted octanol–water partition coefficient (Wildman–Crippen LogP) is -0.246. The van der Waals surface area contributed by atoms with Gasteiger partial charge in [0, 0.05) is 0 Å². The summed E-state index contributed by atoms with van der Waals surface area (Å²) in [7, 11) is 0. The van der Waals surface area contributed by atoms with Crippen molar-refractivity contribution in [3.8, 4) is 0 Å². The Morgan fingerprint density at radius 1 is 1.31 bits per heavy atom. The third-order valence-electron chi connectivity index (χ3n) is 2.27. The molecule has 0 spiro atoms. The van der Waals surface area contributed by atoms with Crippen LogP contribution in [0.1, 0.15) is 50.7 Å². The third-order valence-corrected chi connectivity index (χ3v) is 3.20. The summed E-state index contributed by atoms with van der Waals surface area (Å²) in [6.07, 6.45) is -1.24. The monoisotopic (exact) mass is 249 g/mol. The number of nitrogens with one attached hydrogen (secondary N) is 1. The Kier molecular flexibility index (Phi) is 6.63. The molecule has 0 bridgehead atoms. The summed E-state index contributed by atoms with van der Waals surface area (Å²) >= 11 is 1.43. The molecule has 0 aliphatic heterocycles. The maximum atomic E-state index is 10.5. The smallest absolute Gasteiger partial charge is 0.530 e. The van der Waals surface area contributed by atoms with Gasteiger partial charge in [-0.1, -0.05) is 27.7 Å². The van der Waals surface area contributed by atoms with Gasteiger partial charge in [0.15, 0.2) is 0 Å². The predicted molar refractivity (Wildman–Crippen MR) is 61.5 cm³/mol. The van der Waals surface area contributed by atoms with E-state index in [1.807, 2.05) is 5.38 Å². The van der Waals surface area contributed by atoms with Gasteiger partial charge in [-0.25, -0.2) is 0 Å². The molecule has 0 saturated heterocycles. The molecule has 0 fully saturated rings. The first-order chi connectivity index (χ1) is 6.93. The van der Waals surface area contributed by atoms with Gasteiger partial charge in [-0.3, -0.25) is 0 Å². The maximum Gasteiger partial charge on any atom is 1.00 e. The van der Waals surface area contributed by atoms with Crippen molar-refractivity contribution in [2.75, 3.05) is 5.32 Å². The van der Waals surface area contributed by atoms with Crippen LogP contribution < -0.4 is 40.0 Å². The number of thiophene rings is 1. The Hall–Kier alpha value is -0.0300. The van der Waals surface area contributed by atoms with Crippen molar-refractivity contribution in [3.63, 3.8) is 0 Å². The molecule has 0 saturated carbocycles. The van der Waals surface area contributed by atoms with E-state index in [1.165, 1.54) is 16.9 Å². The van der Waals surface area contributed by atoms with Crippen LogP contribution in [0.2, 0.25) is 0 Å². The van der Waals surface area contributed by atoms with Crippen LogP contribution in [0.5, 0.6) is 0 Å². The molecule has 5 heteroatoms. The molecule has 1 amide bonds. The molecule has 0 atom stereocenters. The third kappa shape index (κ3) is 3.77. The van der Waals surface area contributed by atoms with Crippen LogP contribution >= 0.6 is 11.3 Å². The molecular weight excluding hydrogens is 233 g/mol. The first-order valence-electron chi connectivity index (χ1n) is 5.02. The molecule has 0 radical (unpaired) electrons. The summed E-state index contributed by atoms with van der Waals surface area (Å²) in [5.74, 6) is 0.728. The van der Waals surface area contributed by atoms with E-state index in [1.54, 1.807) is 0 Å². The van der Waals surface area contributed by atoms with Crippen molar-refractivity contribution in [2.24, 2.45) is 0 Å². The number of anilines is 1. The van der Waals surface area contributed by atoms with E-state index in [4.69, 9.17) is 0 Å². The molecule has 84 valence electrons. The summed E-state index contributed by atoms with van der Waals surface area (Å²) in [6.45, 7) is 8.34. The molecule has 0 unspecified atom stereocenters. The Morgan fingerprint density at radius 3 is 2.25 bits per heavy atom. The van der Waals surface area contributed by atoms with E-state index >= 15 is 0 Å². The Bertz CT molecular complexity index is 361. The Balaban J connectivity index is 0.00000225. The fourth-order valence-corrected chi connectivity index (χ4v) is 2.88. The second kappa shape index (κ2) is 6.64. The van der Waals surface area contributed by atoms with Crippen LogP contribution in [0.15, 0.2) is 5.38 Å². The van der Waals surface area contributed by atoms with Crippen LogP contribution in [0.25, 0.3) is 0 Å². The maximum absolute atomic E-state index is 10.5. The van der Waals surface area contributed by atoms with E-state index in [0.717, 1.165) is 5.56 Å². The number of hydrogen-bond donors (Lipinski definition) is 1. The zero-order chi connectivity index (χ0) is 11.6. The average Bonchev–Trinajstić information content (AvgIpc) is 2.46. The molecule has 1 heterocycles. The normalized spacial score (nSPS) is 10.4. The Labute approximate surface area is 123 Å². The quantitative estimate of drug-likeness (QED) is 0.751. The number of carbonyl (C=O) groups excluding carboxylic acids is 1. The van der Waals surface area contributed by atoms with Gasteiger partial charge in [-0.2, -0.15) is 0 Å². The summed E-state index contributed by atoms with van der Waals surface area (Å²) in [5.41, 5.74) is 2.32. The first-order valence-corrected chi connectivity index (χ1v) is 5.90. The summed E-state index contributed by atoms with van der Waals surface area (Å²) in [4.78, 5) is 10.5. The van der Waals surface area contributed by atoms with E-state index in [9.17, 15) is 9.90 Å². The molecule has 0 aliphatic rings. The molecule has 1 aromatic heterocycles. The fraction of sp³-hybridized carbons (Fsp3) is 0.545. The van der Waals surface area contributed by atoms with E-state index in [0.29, 0.717) is 16.8 Å². The topological polar surface area (TPSA) is 52.2 Å². The number of carbonyl (C=O) groups is 1. The standard InChI is InChI=1S/C11H17NO2S.Na/c1-6(2)8-5-15-10(12-11(13)14)9(8)7(3)4;/h5-7,12H,1-4H3,(H,13,14);/q;+1/p-1. The molecule has 1 rings (SSSR count). The molecule has 16 heavy (non-hydrogen) atoms. The van der Waals surface area contributed by atoms with Gasteiger partial charge < -0.3 is 15.2 Å². The minimum absolute atomic E-state index is 0. The van der Waals surface area contributed by atoms with Crippen molar-refractivity contribution in [2.45, 2.75) is 39.5 Å². The molecule has 1 aromatic rings. The van der Waals surface area contributed by atoms with Crippen LogP contribution in [-0.2, 0) is 0 Å². The van der Waals surface area contributed by atoms with Crippen molar-refractivity contribution in [1.82, 2.24) is 0 Å². The van der Waals surface area contributed by atoms with Crippen LogP contribution in [0.3, 0.4) is 0 Å². The summed E-state index contributed by atoms with van der Waals surface area (Å²) in [5, 5.41) is 15.6. The zero-order valence-corrected chi connectivity index (χ0v) is 13.3. The van der Waals surface area contributed by atoms with Gasteiger partial charge >= 0.3 is 29.6 Å². The molecule has 0 aliphatic carbocycles. The Morgan fingerprint density at radius 2 is 1.88 bits per heavy atom. The molecule has 0 aromatic carbocycles. The number of rotatable bonds is 3. The van der Waals surface area contributed by atoms with E-state index < -0.39 is 6.09 Å². The van der Waals surface area contributed by atoms with Gasteiger partial charge in [-0.15, -0.1) is 11.3 Å². The van der Waals surface area contributed by atoms with E-state index in [2.05, 4.69) is 33.0 Å². The van der Waals surface area contributed by atoms with Gasteiger partial charge in [-0.05, 0) is 28.3 Å². The average molecular weight is 249 g/mol. The molecular formula is C11H16NNaO2S. The van der Waals surface area contributed by atoms with Crippen LogP contribution in [0.4, 0.5) is 9.80 Å². The van der Waals surface area contributed by atoms with Gasteiger partial charge in [0.05, 0.1) is 5.00 Å². The van der Waals surface area contributed by atoms with Gasteiger partial charge in [0.2, 0.25) is 0 Å². The van der Waals surface area contributed by atoms with E-state index in [-0.39, 0.29) is 29.6 Å². The fourth-order valence-electron chi connectivity index (χ4n) is 1.61. The summed E-state index contributed by atoms with van der Waals surface area (Å²) < 4.78 is 0. The van der Waals surface area contributed by atoms with Crippen LogP contribution in [0, 0.1) is 0 Å². The minimum atomic E-state index is -1.24. The molecule has 3 nitrogen and oxygen atoms in total. The SMILES string of the molecule is CC(C)c1csc(NC(=O)[O-])c1C(C)C.[Na+]. The van der Waals surface area contributed by atoms with Crippen molar-refractivity contribution in [1.29, 1.82) is 0 Å². The minimum Gasteiger partial charge on any atom is -0.530 e. The van der Waals surface area contributed by atoms with Crippen molar-refractivity contribution < 1.29 is 39.5 Å². The first kappa shape index (κ1) is 16.0. The number of amides is 1. The van der Waals surface area contributed by atoms with Gasteiger partial charge in [0.25, 0.3) is 0 Å². The van der Waals surface area contributed by atoms with Crippen molar-refractivity contribution in [3.05, 3.63) is 16.5 Å². The van der Waals surface area contributed by atoms with Gasteiger partial charge in [0.1, 0.15) is 6.09 Å². The number of carboxylic acid groups (broad SMARTS) is 1. The second-order valence-corrected chi connectivity index (χ2v) is 5.04. The number of hydrogen-bond acceptors (Lipinski definition) is 3.